The molecule has 0 spiro atoms. The van der Waals surface area contributed by atoms with E-state index in [9.17, 15) is 9.59 Å². The Balaban J connectivity index is 1.70. The van der Waals surface area contributed by atoms with E-state index in [0.29, 0.717) is 10.6 Å². The molecular formula is C24H26N2O3S. The molecule has 1 heterocycles. The van der Waals surface area contributed by atoms with E-state index in [4.69, 9.17) is 4.74 Å². The highest BCUT2D eigenvalue weighted by molar-refractivity contribution is 7.17. The van der Waals surface area contributed by atoms with Crippen LogP contribution >= 0.6 is 11.3 Å². The van der Waals surface area contributed by atoms with Gasteiger partial charge in [0.05, 0.1) is 5.69 Å². The summed E-state index contributed by atoms with van der Waals surface area (Å²) in [7, 11) is 0. The molecule has 30 heavy (non-hydrogen) atoms. The van der Waals surface area contributed by atoms with Crippen molar-refractivity contribution < 1.29 is 14.3 Å². The summed E-state index contributed by atoms with van der Waals surface area (Å²) in [6.45, 7) is 9.30. The predicted octanol–water partition coefficient (Wildman–Crippen LogP) is 5.48. The highest BCUT2D eigenvalue weighted by Crippen LogP contribution is 2.29. The first-order chi connectivity index (χ1) is 14.3. The van der Waals surface area contributed by atoms with Gasteiger partial charge in [0.1, 0.15) is 9.88 Å². The molecular weight excluding hydrogens is 396 g/mol. The number of ether oxygens (including phenoxy) is 1. The zero-order chi connectivity index (χ0) is 21.8. The Morgan fingerprint density at radius 2 is 1.70 bits per heavy atom. The third-order valence-corrected chi connectivity index (χ3v) is 6.16. The SMILES string of the molecule is CCc1ccc(-c2nc(C)c(C(=O)O[C@@H](C)C(=O)Nc3c(C)cccc3C)s2)cc1. The largest absolute Gasteiger partial charge is 0.448 e. The standard InChI is InChI=1S/C24H26N2O3S/c1-6-18-10-12-19(13-11-18)23-25-16(4)21(30-23)24(28)29-17(5)22(27)26-20-14(2)8-7-9-15(20)3/h7-13,17H,6H2,1-5H3,(H,26,27)/t17-/m0/s1. The Morgan fingerprint density at radius 1 is 1.07 bits per heavy atom. The van der Waals surface area contributed by atoms with Crippen LogP contribution in [0.5, 0.6) is 0 Å². The lowest BCUT2D eigenvalue weighted by atomic mass is 10.1. The maximum atomic E-state index is 12.7. The van der Waals surface area contributed by atoms with E-state index in [2.05, 4.69) is 29.4 Å². The number of carbonyl (C=O) groups is 2. The Kier molecular flexibility index (Phi) is 6.67. The fourth-order valence-corrected chi connectivity index (χ4v) is 4.05. The summed E-state index contributed by atoms with van der Waals surface area (Å²) in [5.74, 6) is -0.899. The summed E-state index contributed by atoms with van der Waals surface area (Å²) >= 11 is 1.28. The Morgan fingerprint density at radius 3 is 2.30 bits per heavy atom. The van der Waals surface area contributed by atoms with Gasteiger partial charge in [-0.15, -0.1) is 11.3 Å². The maximum absolute atomic E-state index is 12.7. The van der Waals surface area contributed by atoms with Gasteiger partial charge >= 0.3 is 5.97 Å². The third kappa shape index (κ3) is 4.76. The highest BCUT2D eigenvalue weighted by Gasteiger charge is 2.23. The molecule has 0 aliphatic rings. The average Bonchev–Trinajstić information content (AvgIpc) is 3.12. The van der Waals surface area contributed by atoms with Gasteiger partial charge in [0.25, 0.3) is 5.91 Å². The monoisotopic (exact) mass is 422 g/mol. The molecule has 1 amide bonds. The van der Waals surface area contributed by atoms with Gasteiger partial charge in [-0.3, -0.25) is 4.79 Å². The second-order valence-corrected chi connectivity index (χ2v) is 8.29. The van der Waals surface area contributed by atoms with Crippen LogP contribution in [0.25, 0.3) is 10.6 Å². The molecule has 0 bridgehead atoms. The first-order valence-corrected chi connectivity index (χ1v) is 10.8. The van der Waals surface area contributed by atoms with Gasteiger partial charge in [0.2, 0.25) is 0 Å². The summed E-state index contributed by atoms with van der Waals surface area (Å²) in [5.41, 5.74) is 5.47. The second-order valence-electron chi connectivity index (χ2n) is 7.29. The molecule has 0 saturated heterocycles. The number of nitrogens with one attached hydrogen (secondary N) is 1. The van der Waals surface area contributed by atoms with Crippen molar-refractivity contribution in [3.8, 4) is 10.6 Å². The molecule has 3 rings (SSSR count). The molecule has 0 aliphatic carbocycles. The third-order valence-electron chi connectivity index (χ3n) is 4.97. The predicted molar refractivity (Wildman–Crippen MR) is 121 cm³/mol. The molecule has 0 fully saturated rings. The van der Waals surface area contributed by atoms with Crippen molar-refractivity contribution in [2.45, 2.75) is 47.1 Å². The van der Waals surface area contributed by atoms with Crippen LogP contribution in [0.3, 0.4) is 0 Å². The Bertz CT molecular complexity index is 1050. The number of rotatable bonds is 6. The van der Waals surface area contributed by atoms with Crippen LogP contribution in [0.15, 0.2) is 42.5 Å². The summed E-state index contributed by atoms with van der Waals surface area (Å²) in [6.07, 6.45) is 0.0433. The molecule has 3 aromatic rings. The van der Waals surface area contributed by atoms with Crippen LogP contribution in [0.2, 0.25) is 0 Å². The average molecular weight is 423 g/mol. The van der Waals surface area contributed by atoms with Crippen molar-refractivity contribution in [1.82, 2.24) is 4.98 Å². The number of aryl methyl sites for hydroxylation is 4. The normalized spacial score (nSPS) is 11.8. The summed E-state index contributed by atoms with van der Waals surface area (Å²) in [5, 5.41) is 3.62. The van der Waals surface area contributed by atoms with Crippen molar-refractivity contribution in [2.24, 2.45) is 0 Å². The number of thiazole rings is 1. The van der Waals surface area contributed by atoms with Gasteiger partial charge in [-0.05, 0) is 50.8 Å². The minimum Gasteiger partial charge on any atom is -0.448 e. The van der Waals surface area contributed by atoms with E-state index in [0.717, 1.165) is 33.8 Å². The van der Waals surface area contributed by atoms with Crippen molar-refractivity contribution in [2.75, 3.05) is 5.32 Å². The molecule has 0 unspecified atom stereocenters. The number of carbonyl (C=O) groups excluding carboxylic acids is 2. The quantitative estimate of drug-likeness (QED) is 0.534. The maximum Gasteiger partial charge on any atom is 0.351 e. The first kappa shape index (κ1) is 21.7. The van der Waals surface area contributed by atoms with Crippen LogP contribution in [-0.2, 0) is 16.0 Å². The molecule has 5 nitrogen and oxygen atoms in total. The second kappa shape index (κ2) is 9.22. The smallest absolute Gasteiger partial charge is 0.351 e. The highest BCUT2D eigenvalue weighted by atomic mass is 32.1. The number of nitrogens with zero attached hydrogens (tertiary/aromatic N) is 1. The van der Waals surface area contributed by atoms with Crippen molar-refractivity contribution in [3.63, 3.8) is 0 Å². The topological polar surface area (TPSA) is 68.3 Å². The first-order valence-electron chi connectivity index (χ1n) is 9.95. The number of amides is 1. The number of esters is 1. The van der Waals surface area contributed by atoms with E-state index < -0.39 is 12.1 Å². The summed E-state index contributed by atoms with van der Waals surface area (Å²) in [6, 6.07) is 13.9. The van der Waals surface area contributed by atoms with E-state index in [1.807, 2.05) is 44.2 Å². The van der Waals surface area contributed by atoms with E-state index in [1.54, 1.807) is 13.8 Å². The minimum absolute atomic E-state index is 0.363. The van der Waals surface area contributed by atoms with E-state index in [1.165, 1.54) is 16.9 Å². The summed E-state index contributed by atoms with van der Waals surface area (Å²) in [4.78, 5) is 30.2. The van der Waals surface area contributed by atoms with Crippen LogP contribution in [0.1, 0.15) is 45.9 Å². The fourth-order valence-electron chi connectivity index (χ4n) is 3.10. The molecule has 1 atom stereocenters. The van der Waals surface area contributed by atoms with Crippen LogP contribution < -0.4 is 5.32 Å². The number of hydrogen-bond acceptors (Lipinski definition) is 5. The molecule has 0 aliphatic heterocycles. The van der Waals surface area contributed by atoms with Gasteiger partial charge < -0.3 is 10.1 Å². The van der Waals surface area contributed by atoms with Gasteiger partial charge in [-0.25, -0.2) is 9.78 Å². The number of para-hydroxylation sites is 1. The van der Waals surface area contributed by atoms with Crippen molar-refractivity contribution in [3.05, 3.63) is 69.7 Å². The van der Waals surface area contributed by atoms with Crippen molar-refractivity contribution >= 4 is 28.9 Å². The minimum atomic E-state index is -0.926. The zero-order valence-electron chi connectivity index (χ0n) is 17.9. The Labute approximate surface area is 181 Å². The molecule has 0 radical (unpaired) electrons. The molecule has 1 N–H and O–H groups in total. The molecule has 156 valence electrons. The number of aromatic nitrogens is 1. The number of anilines is 1. The van der Waals surface area contributed by atoms with Gasteiger partial charge in [-0.1, -0.05) is 49.4 Å². The summed E-state index contributed by atoms with van der Waals surface area (Å²) < 4.78 is 5.44. The van der Waals surface area contributed by atoms with E-state index in [-0.39, 0.29) is 5.91 Å². The van der Waals surface area contributed by atoms with Gasteiger partial charge in [0, 0.05) is 11.3 Å². The lowest BCUT2D eigenvalue weighted by Crippen LogP contribution is -2.30. The van der Waals surface area contributed by atoms with Crippen molar-refractivity contribution in [1.29, 1.82) is 0 Å². The van der Waals surface area contributed by atoms with Crippen LogP contribution in [0.4, 0.5) is 5.69 Å². The lowest BCUT2D eigenvalue weighted by Gasteiger charge is -2.16. The zero-order valence-corrected chi connectivity index (χ0v) is 18.7. The number of hydrogen-bond donors (Lipinski definition) is 1. The van der Waals surface area contributed by atoms with Gasteiger partial charge in [-0.2, -0.15) is 0 Å². The molecule has 1 aromatic heterocycles. The van der Waals surface area contributed by atoms with E-state index >= 15 is 0 Å². The molecule has 6 heteroatoms. The lowest BCUT2D eigenvalue weighted by molar-refractivity contribution is -0.123. The van der Waals surface area contributed by atoms with Crippen LogP contribution in [0, 0.1) is 20.8 Å². The number of benzene rings is 2. The van der Waals surface area contributed by atoms with Crippen LogP contribution in [-0.4, -0.2) is 23.0 Å². The Hall–Kier alpha value is -2.99. The fraction of sp³-hybridized carbons (Fsp3) is 0.292. The molecule has 0 saturated carbocycles. The molecule has 2 aromatic carbocycles. The van der Waals surface area contributed by atoms with Gasteiger partial charge in [0.15, 0.2) is 6.10 Å².